The van der Waals surface area contributed by atoms with Gasteiger partial charge in [0.25, 0.3) is 11.8 Å². The molecule has 4 rings (SSSR count). The topological polar surface area (TPSA) is 300 Å². The number of hydrogen-bond donors (Lipinski definition) is 6. The normalized spacial score (nSPS) is 24.5. The van der Waals surface area contributed by atoms with Crippen molar-refractivity contribution in [3.63, 3.8) is 0 Å². The molecular formula is C20H36N8O15S3. The summed E-state index contributed by atoms with van der Waals surface area (Å²) in [6.07, 6.45) is 3.48. The summed E-state index contributed by atoms with van der Waals surface area (Å²) in [6, 6.07) is -3.90. The monoisotopic (exact) mass is 724 g/mol. The lowest BCUT2D eigenvalue weighted by Gasteiger charge is -2.28. The minimum Gasteiger partial charge on any atom is -0.309 e. The first-order valence-electron chi connectivity index (χ1n) is 13.6. The Morgan fingerprint density at radius 2 is 1.20 bits per heavy atom. The van der Waals surface area contributed by atoms with E-state index in [-0.39, 0.29) is 51.7 Å². The first kappa shape index (κ1) is 37.5. The van der Waals surface area contributed by atoms with Gasteiger partial charge in [-0.15, -0.1) is 4.28 Å². The second-order valence-corrected chi connectivity index (χ2v) is 15.2. The molecular weight excluding hydrogens is 688 g/mol. The average Bonchev–Trinajstić information content (AvgIpc) is 3.30. The molecule has 0 spiro atoms. The van der Waals surface area contributed by atoms with Gasteiger partial charge < -0.3 is 9.80 Å². The Morgan fingerprint density at radius 1 is 0.761 bits per heavy atom. The highest BCUT2D eigenvalue weighted by molar-refractivity contribution is 7.89. The third-order valence-electron chi connectivity index (χ3n) is 6.93. The number of piperidine rings is 2. The van der Waals surface area contributed by atoms with E-state index in [1.807, 2.05) is 0 Å². The molecule has 4 atom stereocenters. The molecule has 0 saturated carbocycles. The molecule has 4 bridgehead atoms. The van der Waals surface area contributed by atoms with Crippen LogP contribution in [0.3, 0.4) is 0 Å². The summed E-state index contributed by atoms with van der Waals surface area (Å²) in [6.45, 7) is 0.183. The lowest BCUT2D eigenvalue weighted by atomic mass is 10.0. The molecule has 6 amide bonds. The van der Waals surface area contributed by atoms with Crippen LogP contribution in [0.5, 0.6) is 0 Å². The van der Waals surface area contributed by atoms with Crippen molar-refractivity contribution in [2.24, 2.45) is 0 Å². The van der Waals surface area contributed by atoms with E-state index >= 15 is 0 Å². The minimum absolute atomic E-state index is 0.0267. The molecule has 6 N–H and O–H groups in total. The number of hydrogen-bond acceptors (Lipinski definition) is 14. The number of sulfonamides is 2. The smallest absolute Gasteiger partial charge is 0.309 e. The molecule has 26 heteroatoms. The van der Waals surface area contributed by atoms with Gasteiger partial charge >= 0.3 is 22.5 Å². The van der Waals surface area contributed by atoms with E-state index in [1.165, 1.54) is 4.90 Å². The van der Waals surface area contributed by atoms with Crippen LogP contribution in [0, 0.1) is 0 Å². The Hall–Kier alpha value is -2.95. The molecule has 0 radical (unpaired) electrons. The number of rotatable bonds is 14. The number of urea groups is 2. The summed E-state index contributed by atoms with van der Waals surface area (Å²) in [4.78, 5) is 59.9. The number of carbonyl (C=O) groups excluding carboxylic acids is 4. The molecule has 264 valence electrons. The molecule has 0 aromatic rings. The molecule has 46 heavy (non-hydrogen) atoms. The van der Waals surface area contributed by atoms with Crippen molar-refractivity contribution >= 4 is 54.3 Å². The average molecular weight is 725 g/mol. The maximum atomic E-state index is 12.1. The minimum atomic E-state index is -4.85. The molecule has 4 heterocycles. The highest BCUT2D eigenvalue weighted by Crippen LogP contribution is 2.31. The SMILES string of the molecule is CS(=O)(=O)NCCONC(=O)[C@@H]1CC[C@@H]2CN1C(=O)N2O.CS(=O)(=O)NCCONC(=O)[C@@H]1CC[C@@H]2CN1C(=O)N2OS(=O)(=O)O. The number of amides is 6. The quantitative estimate of drug-likeness (QED) is 0.0429. The number of nitrogens with one attached hydrogen (secondary N) is 4. The predicted molar refractivity (Wildman–Crippen MR) is 150 cm³/mol. The van der Waals surface area contributed by atoms with Gasteiger partial charge in [-0.1, -0.05) is 0 Å². The molecule has 0 aromatic heterocycles. The van der Waals surface area contributed by atoms with Gasteiger partial charge in [0, 0.05) is 26.2 Å². The second-order valence-electron chi connectivity index (χ2n) is 10.5. The zero-order chi connectivity index (χ0) is 34.4. The second kappa shape index (κ2) is 15.3. The van der Waals surface area contributed by atoms with Gasteiger partial charge in [0.1, 0.15) is 12.1 Å². The summed E-state index contributed by atoms with van der Waals surface area (Å²) in [5.41, 5.74) is 4.30. The Balaban J connectivity index is 0.000000254. The molecule has 4 aliphatic rings. The predicted octanol–water partition coefficient (Wildman–Crippen LogP) is -4.17. The van der Waals surface area contributed by atoms with Crippen molar-refractivity contribution in [3.05, 3.63) is 0 Å². The van der Waals surface area contributed by atoms with Crippen LogP contribution in [-0.2, 0) is 54.0 Å². The summed E-state index contributed by atoms with van der Waals surface area (Å²) in [7, 11) is -11.5. The first-order chi connectivity index (χ1) is 21.3. The van der Waals surface area contributed by atoms with E-state index < -0.39 is 72.4 Å². The van der Waals surface area contributed by atoms with Gasteiger partial charge in [0.05, 0.1) is 37.8 Å². The van der Waals surface area contributed by atoms with Crippen LogP contribution in [0.4, 0.5) is 9.59 Å². The molecule has 0 aliphatic carbocycles. The van der Waals surface area contributed by atoms with Gasteiger partial charge in [-0.25, -0.2) is 51.9 Å². The zero-order valence-electron chi connectivity index (χ0n) is 24.6. The van der Waals surface area contributed by atoms with Crippen molar-refractivity contribution in [1.29, 1.82) is 0 Å². The van der Waals surface area contributed by atoms with Crippen molar-refractivity contribution in [3.8, 4) is 0 Å². The fourth-order valence-corrected chi connectivity index (χ4v) is 6.26. The van der Waals surface area contributed by atoms with Crippen LogP contribution in [0.2, 0.25) is 0 Å². The van der Waals surface area contributed by atoms with Gasteiger partial charge in [-0.2, -0.15) is 13.5 Å². The Kier molecular flexibility index (Phi) is 12.5. The van der Waals surface area contributed by atoms with Gasteiger partial charge in [0.2, 0.25) is 20.0 Å². The van der Waals surface area contributed by atoms with Gasteiger partial charge in [-0.05, 0) is 25.7 Å². The molecule has 0 unspecified atom stereocenters. The number of nitrogens with zero attached hydrogens (tertiary/aromatic N) is 4. The Bertz CT molecular complexity index is 1480. The molecule has 23 nitrogen and oxygen atoms in total. The Labute approximate surface area is 264 Å². The van der Waals surface area contributed by atoms with E-state index in [1.54, 1.807) is 0 Å². The van der Waals surface area contributed by atoms with Crippen LogP contribution in [0.25, 0.3) is 0 Å². The van der Waals surface area contributed by atoms with Gasteiger partial charge in [-0.3, -0.25) is 29.0 Å². The van der Waals surface area contributed by atoms with E-state index in [2.05, 4.69) is 24.7 Å². The maximum Gasteiger partial charge on any atom is 0.418 e. The van der Waals surface area contributed by atoms with E-state index in [0.717, 1.165) is 17.4 Å². The fraction of sp³-hybridized carbons (Fsp3) is 0.800. The summed E-state index contributed by atoms with van der Waals surface area (Å²) in [5.74, 6) is -1.13. The van der Waals surface area contributed by atoms with E-state index in [9.17, 15) is 49.6 Å². The Morgan fingerprint density at radius 3 is 1.65 bits per heavy atom. The molecule has 4 saturated heterocycles. The molecule has 4 aliphatic heterocycles. The lowest BCUT2D eigenvalue weighted by Crippen LogP contribution is -2.50. The van der Waals surface area contributed by atoms with Gasteiger partial charge in [0.15, 0.2) is 0 Å². The lowest BCUT2D eigenvalue weighted by molar-refractivity contribution is -0.139. The largest absolute Gasteiger partial charge is 0.418 e. The number of hydroxylamine groups is 6. The zero-order valence-corrected chi connectivity index (χ0v) is 27.0. The van der Waals surface area contributed by atoms with Crippen molar-refractivity contribution in [2.75, 3.05) is 51.9 Å². The van der Waals surface area contributed by atoms with Crippen LogP contribution < -0.4 is 20.4 Å². The van der Waals surface area contributed by atoms with Crippen LogP contribution in [-0.4, -0.2) is 155 Å². The van der Waals surface area contributed by atoms with Crippen LogP contribution in [0.15, 0.2) is 0 Å². The first-order valence-corrected chi connectivity index (χ1v) is 18.7. The van der Waals surface area contributed by atoms with Crippen molar-refractivity contribution in [1.82, 2.24) is 40.3 Å². The third-order valence-corrected chi connectivity index (χ3v) is 8.74. The third kappa shape index (κ3) is 10.8. The summed E-state index contributed by atoms with van der Waals surface area (Å²) < 4.78 is 82.2. The van der Waals surface area contributed by atoms with Crippen LogP contribution >= 0.6 is 0 Å². The highest BCUT2D eigenvalue weighted by Gasteiger charge is 2.49. The standard InChI is InChI=1S/C10H18N4O9S2.C10H18N4O6S/c1-24(17,18)11-4-5-22-12-9(15)8-3-2-7-6-13(8)10(16)14(7)23-25(19,20)21;1-21(18,19)11-4-5-20-12-9(15)8-3-2-7-6-13(8)10(16)14(7)17/h7-8,11H,2-6H2,1H3,(H,12,15)(H,19,20,21);7-8,11,17H,2-6H2,1H3,(H,12,15)/t2*7-,8+/m11/s1. The van der Waals surface area contributed by atoms with Crippen molar-refractivity contribution in [2.45, 2.75) is 49.9 Å². The fourth-order valence-electron chi connectivity index (χ4n) is 4.96. The van der Waals surface area contributed by atoms with Crippen LogP contribution in [0.1, 0.15) is 25.7 Å². The molecule has 4 fully saturated rings. The van der Waals surface area contributed by atoms with E-state index in [4.69, 9.17) is 14.2 Å². The van der Waals surface area contributed by atoms with Crippen molar-refractivity contribution < 1.29 is 68.2 Å². The number of fused-ring (bicyclic) bond motifs is 4. The van der Waals surface area contributed by atoms with E-state index in [0.29, 0.717) is 29.5 Å². The maximum absolute atomic E-state index is 12.1. The highest BCUT2D eigenvalue weighted by atomic mass is 32.3. The molecule has 0 aromatic carbocycles. The number of carbonyl (C=O) groups is 4. The summed E-state index contributed by atoms with van der Waals surface area (Å²) in [5, 5.41) is 10.7. The summed E-state index contributed by atoms with van der Waals surface area (Å²) >= 11 is 0.